The summed E-state index contributed by atoms with van der Waals surface area (Å²) in [6.07, 6.45) is 1.33. The second-order valence-corrected chi connectivity index (χ2v) is 7.99. The van der Waals surface area contributed by atoms with Crippen molar-refractivity contribution in [1.82, 2.24) is 4.83 Å². The molecule has 30 heavy (non-hydrogen) atoms. The fourth-order valence-corrected chi connectivity index (χ4v) is 3.33. The Morgan fingerprint density at radius 2 is 1.67 bits per heavy atom. The van der Waals surface area contributed by atoms with Crippen molar-refractivity contribution in [2.24, 2.45) is 5.10 Å². The molecule has 0 atom stereocenters. The minimum Gasteiger partial charge on any atom is -0.493 e. The summed E-state index contributed by atoms with van der Waals surface area (Å²) in [4.78, 5) is 14.6. The number of carbonyl (C=O) groups excluding carboxylic acids is 1. The Labute approximate surface area is 175 Å². The zero-order chi connectivity index (χ0) is 21.6. The molecule has 0 aliphatic rings. The summed E-state index contributed by atoms with van der Waals surface area (Å²) in [5, 5.41) is 3.79. The number of nitrogens with one attached hydrogen (secondary N) is 1. The van der Waals surface area contributed by atoms with Crippen LogP contribution in [0.3, 0.4) is 0 Å². The van der Waals surface area contributed by atoms with E-state index in [0.717, 1.165) is 5.56 Å². The highest BCUT2D eigenvalue weighted by Crippen LogP contribution is 2.28. The van der Waals surface area contributed by atoms with E-state index in [1.807, 2.05) is 19.1 Å². The highest BCUT2D eigenvalue weighted by Gasteiger charge is 2.13. The van der Waals surface area contributed by atoms with Crippen molar-refractivity contribution in [3.05, 3.63) is 89.5 Å². The Hall–Kier alpha value is -3.65. The molecular formula is C22H20N2O5S. The number of esters is 1. The molecule has 1 N–H and O–H groups in total. The summed E-state index contributed by atoms with van der Waals surface area (Å²) in [7, 11) is -2.31. The van der Waals surface area contributed by atoms with Crippen molar-refractivity contribution in [2.45, 2.75) is 11.8 Å². The average Bonchev–Trinajstić information content (AvgIpc) is 2.75. The van der Waals surface area contributed by atoms with Crippen LogP contribution in [0.1, 0.15) is 21.5 Å². The van der Waals surface area contributed by atoms with E-state index >= 15 is 0 Å². The number of rotatable bonds is 7. The number of ether oxygens (including phenoxy) is 2. The summed E-state index contributed by atoms with van der Waals surface area (Å²) < 4.78 is 35.0. The van der Waals surface area contributed by atoms with E-state index in [-0.39, 0.29) is 10.6 Å². The van der Waals surface area contributed by atoms with Gasteiger partial charge in [0.15, 0.2) is 11.5 Å². The lowest BCUT2D eigenvalue weighted by atomic mass is 10.1. The molecule has 0 saturated carbocycles. The zero-order valence-corrected chi connectivity index (χ0v) is 17.2. The smallest absolute Gasteiger partial charge is 0.343 e. The summed E-state index contributed by atoms with van der Waals surface area (Å²) in [6, 6.07) is 19.7. The van der Waals surface area contributed by atoms with E-state index in [0.29, 0.717) is 16.9 Å². The molecule has 0 heterocycles. The third kappa shape index (κ3) is 5.24. The Balaban J connectivity index is 1.71. The maximum absolute atomic E-state index is 12.3. The van der Waals surface area contributed by atoms with Gasteiger partial charge in [0.25, 0.3) is 10.0 Å². The first kappa shape index (κ1) is 21.1. The molecule has 0 aromatic heterocycles. The molecule has 3 rings (SSSR count). The van der Waals surface area contributed by atoms with Gasteiger partial charge in [-0.25, -0.2) is 9.63 Å². The zero-order valence-electron chi connectivity index (χ0n) is 16.4. The van der Waals surface area contributed by atoms with E-state index < -0.39 is 16.0 Å². The van der Waals surface area contributed by atoms with E-state index in [1.165, 1.54) is 25.5 Å². The van der Waals surface area contributed by atoms with E-state index in [9.17, 15) is 13.2 Å². The number of methoxy groups -OCH3 is 1. The summed E-state index contributed by atoms with van der Waals surface area (Å²) in [6.45, 7) is 1.93. The van der Waals surface area contributed by atoms with Crippen molar-refractivity contribution in [3.8, 4) is 11.5 Å². The Kier molecular flexibility index (Phi) is 6.48. The van der Waals surface area contributed by atoms with Gasteiger partial charge in [-0.1, -0.05) is 35.9 Å². The Morgan fingerprint density at radius 3 is 2.33 bits per heavy atom. The average molecular weight is 424 g/mol. The van der Waals surface area contributed by atoms with Crippen LogP contribution in [0.4, 0.5) is 0 Å². The van der Waals surface area contributed by atoms with Crippen LogP contribution in [0.15, 0.2) is 82.8 Å². The molecule has 0 aliphatic carbocycles. The fraction of sp³-hybridized carbons (Fsp3) is 0.0909. The minimum atomic E-state index is -3.75. The van der Waals surface area contributed by atoms with Gasteiger partial charge >= 0.3 is 5.97 Å². The molecular weight excluding hydrogens is 404 g/mol. The molecule has 154 valence electrons. The van der Waals surface area contributed by atoms with Crippen LogP contribution < -0.4 is 14.3 Å². The van der Waals surface area contributed by atoms with E-state index in [4.69, 9.17) is 9.47 Å². The molecule has 0 spiro atoms. The lowest BCUT2D eigenvalue weighted by molar-refractivity contribution is 0.0729. The molecule has 0 unspecified atom stereocenters. The predicted octanol–water partition coefficient (Wildman–Crippen LogP) is 3.54. The van der Waals surface area contributed by atoms with Crippen molar-refractivity contribution in [2.75, 3.05) is 7.11 Å². The maximum Gasteiger partial charge on any atom is 0.343 e. The quantitative estimate of drug-likeness (QED) is 0.271. The Morgan fingerprint density at radius 1 is 0.967 bits per heavy atom. The van der Waals surface area contributed by atoms with Crippen molar-refractivity contribution < 1.29 is 22.7 Å². The van der Waals surface area contributed by atoms with Gasteiger partial charge in [0.2, 0.25) is 0 Å². The molecule has 0 bridgehead atoms. The van der Waals surface area contributed by atoms with Gasteiger partial charge in [0, 0.05) is 0 Å². The van der Waals surface area contributed by atoms with Crippen molar-refractivity contribution in [1.29, 1.82) is 0 Å². The third-order valence-corrected chi connectivity index (χ3v) is 5.36. The first-order chi connectivity index (χ1) is 14.4. The number of carbonyl (C=O) groups is 1. The van der Waals surface area contributed by atoms with E-state index in [1.54, 1.807) is 48.5 Å². The molecule has 0 aliphatic heterocycles. The minimum absolute atomic E-state index is 0.109. The number of hydrogen-bond acceptors (Lipinski definition) is 6. The highest BCUT2D eigenvalue weighted by molar-refractivity contribution is 7.89. The maximum atomic E-state index is 12.3. The lowest BCUT2D eigenvalue weighted by Gasteiger charge is -2.10. The van der Waals surface area contributed by atoms with Gasteiger partial charge in [-0.3, -0.25) is 0 Å². The molecule has 7 nitrogen and oxygen atoms in total. The van der Waals surface area contributed by atoms with Crippen LogP contribution in [-0.2, 0) is 10.0 Å². The Bertz CT molecular complexity index is 1160. The van der Waals surface area contributed by atoms with Gasteiger partial charge in [-0.15, -0.1) is 0 Å². The summed E-state index contributed by atoms with van der Waals surface area (Å²) >= 11 is 0. The monoisotopic (exact) mass is 424 g/mol. The molecule has 8 heteroatoms. The third-order valence-electron chi connectivity index (χ3n) is 4.12. The van der Waals surface area contributed by atoms with Crippen LogP contribution in [0.25, 0.3) is 0 Å². The van der Waals surface area contributed by atoms with Gasteiger partial charge in [0.05, 0.1) is 23.8 Å². The van der Waals surface area contributed by atoms with Crippen LogP contribution in [0.2, 0.25) is 0 Å². The van der Waals surface area contributed by atoms with Crippen molar-refractivity contribution >= 4 is 22.2 Å². The van der Waals surface area contributed by atoms with Crippen LogP contribution >= 0.6 is 0 Å². The number of benzene rings is 3. The standard InChI is InChI=1S/C22H20N2O5S/c1-16-8-11-18(12-9-16)22(25)29-20-13-10-17(14-21(20)28-2)15-23-24-30(26,27)19-6-4-3-5-7-19/h3-15,24H,1-2H3. The molecule has 0 radical (unpaired) electrons. The summed E-state index contributed by atoms with van der Waals surface area (Å²) in [5.41, 5.74) is 2.01. The molecule has 0 fully saturated rings. The van der Waals surface area contributed by atoms with Gasteiger partial charge in [-0.05, 0) is 55.0 Å². The summed E-state index contributed by atoms with van der Waals surface area (Å²) in [5.74, 6) is 0.0424. The second kappa shape index (κ2) is 9.23. The second-order valence-electron chi connectivity index (χ2n) is 6.33. The number of hydrogen-bond donors (Lipinski definition) is 1. The first-order valence-corrected chi connectivity index (χ1v) is 10.4. The number of nitrogens with zero attached hydrogens (tertiary/aromatic N) is 1. The van der Waals surface area contributed by atoms with Crippen molar-refractivity contribution in [3.63, 3.8) is 0 Å². The predicted molar refractivity (Wildman–Crippen MR) is 113 cm³/mol. The molecule has 0 amide bonds. The van der Waals surface area contributed by atoms with Crippen LogP contribution in [0.5, 0.6) is 11.5 Å². The largest absolute Gasteiger partial charge is 0.493 e. The number of aryl methyl sites for hydroxylation is 1. The van der Waals surface area contributed by atoms with E-state index in [2.05, 4.69) is 9.93 Å². The van der Waals surface area contributed by atoms with Crippen LogP contribution in [-0.4, -0.2) is 27.7 Å². The first-order valence-electron chi connectivity index (χ1n) is 8.96. The highest BCUT2D eigenvalue weighted by atomic mass is 32.2. The topological polar surface area (TPSA) is 94.1 Å². The van der Waals surface area contributed by atoms with Crippen LogP contribution in [0, 0.1) is 6.92 Å². The molecule has 3 aromatic rings. The fourth-order valence-electron chi connectivity index (χ4n) is 2.52. The van der Waals surface area contributed by atoms with Gasteiger partial charge < -0.3 is 9.47 Å². The van der Waals surface area contributed by atoms with Gasteiger partial charge in [-0.2, -0.15) is 13.5 Å². The normalized spacial score (nSPS) is 11.3. The molecule has 3 aromatic carbocycles. The SMILES string of the molecule is COc1cc(C=NNS(=O)(=O)c2ccccc2)ccc1OC(=O)c1ccc(C)cc1. The number of hydrazone groups is 1. The van der Waals surface area contributed by atoms with Gasteiger partial charge in [0.1, 0.15) is 0 Å². The number of sulfonamides is 1. The lowest BCUT2D eigenvalue weighted by Crippen LogP contribution is -2.18. The molecule has 0 saturated heterocycles.